The van der Waals surface area contributed by atoms with Crippen LogP contribution in [0.2, 0.25) is 5.02 Å². The number of nitro benzene ring substituents is 1. The Morgan fingerprint density at radius 3 is 2.61 bits per heavy atom. The molecule has 36 heavy (non-hydrogen) atoms. The topological polar surface area (TPSA) is 114 Å². The lowest BCUT2D eigenvalue weighted by molar-refractivity contribution is -0.384. The largest absolute Gasteiger partial charge is 0.490 e. The van der Waals surface area contributed by atoms with E-state index >= 15 is 0 Å². The summed E-state index contributed by atoms with van der Waals surface area (Å²) in [7, 11) is 0. The van der Waals surface area contributed by atoms with Crippen molar-refractivity contribution in [2.45, 2.75) is 20.5 Å². The van der Waals surface area contributed by atoms with Crippen molar-refractivity contribution >= 4 is 50.9 Å². The van der Waals surface area contributed by atoms with Gasteiger partial charge in [-0.3, -0.25) is 14.9 Å². The fourth-order valence-electron chi connectivity index (χ4n) is 3.20. The van der Waals surface area contributed by atoms with E-state index in [0.29, 0.717) is 50.0 Å². The van der Waals surface area contributed by atoms with Crippen LogP contribution >= 0.6 is 27.5 Å². The average Bonchev–Trinajstić information content (AvgIpc) is 2.86. The van der Waals surface area contributed by atoms with E-state index in [4.69, 9.17) is 21.1 Å². The molecule has 0 aromatic heterocycles. The lowest BCUT2D eigenvalue weighted by Gasteiger charge is -2.14. The zero-order chi connectivity index (χ0) is 26.2. The number of amides is 1. The third-order valence-corrected chi connectivity index (χ3v) is 6.16. The molecule has 3 aromatic carbocycles. The van der Waals surface area contributed by atoms with E-state index in [1.165, 1.54) is 18.2 Å². The van der Waals surface area contributed by atoms with Gasteiger partial charge in [-0.2, -0.15) is 5.26 Å². The molecule has 1 N–H and O–H groups in total. The second kappa shape index (κ2) is 12.2. The molecule has 1 amide bonds. The summed E-state index contributed by atoms with van der Waals surface area (Å²) in [6.07, 6.45) is 1.44. The molecule has 184 valence electrons. The number of carbonyl (C=O) groups excluding carboxylic acids is 1. The molecule has 0 saturated carbocycles. The quantitative estimate of drug-likeness (QED) is 0.130. The number of hydrogen-bond donors (Lipinski definition) is 1. The summed E-state index contributed by atoms with van der Waals surface area (Å²) in [5, 5.41) is 23.9. The number of benzene rings is 3. The summed E-state index contributed by atoms with van der Waals surface area (Å²) in [5.74, 6) is 0.199. The minimum atomic E-state index is -0.585. The van der Waals surface area contributed by atoms with Gasteiger partial charge in [0.15, 0.2) is 11.5 Å². The minimum Gasteiger partial charge on any atom is -0.490 e. The maximum Gasteiger partial charge on any atom is 0.269 e. The Bertz CT molecular complexity index is 1380. The third kappa shape index (κ3) is 6.62. The summed E-state index contributed by atoms with van der Waals surface area (Å²) in [5.41, 5.74) is 2.19. The van der Waals surface area contributed by atoms with E-state index in [1.807, 2.05) is 13.0 Å². The van der Waals surface area contributed by atoms with Gasteiger partial charge >= 0.3 is 0 Å². The highest BCUT2D eigenvalue weighted by atomic mass is 79.9. The van der Waals surface area contributed by atoms with Gasteiger partial charge in [0.05, 0.1) is 11.5 Å². The van der Waals surface area contributed by atoms with Crippen molar-refractivity contribution < 1.29 is 19.2 Å². The third-order valence-electron chi connectivity index (χ3n) is 5.06. The number of rotatable bonds is 9. The first kappa shape index (κ1) is 26.7. The Hall–Kier alpha value is -3.87. The van der Waals surface area contributed by atoms with Crippen LogP contribution in [-0.4, -0.2) is 17.4 Å². The number of non-ortho nitro benzene ring substituents is 1. The predicted molar refractivity (Wildman–Crippen MR) is 141 cm³/mol. The number of nitrogens with one attached hydrogen (secondary N) is 1. The first-order valence-electron chi connectivity index (χ1n) is 10.7. The van der Waals surface area contributed by atoms with Crippen molar-refractivity contribution in [1.29, 1.82) is 5.26 Å². The molecular formula is C26H21BrClN3O5. The standard InChI is InChI=1S/C26H21BrClN3O5/c1-3-35-24-12-18(11-19(14-29)26(32)30-23-9-5-8-22(28)16(23)2)21(27)13-25(24)36-15-17-6-4-7-20(10-17)31(33)34/h4-13H,3,15H2,1-2H3,(H,30,32)/b19-11+. The Kier molecular flexibility index (Phi) is 9.06. The Morgan fingerprint density at radius 1 is 1.19 bits per heavy atom. The molecule has 3 aromatic rings. The number of carbonyl (C=O) groups is 1. The summed E-state index contributed by atoms with van der Waals surface area (Å²) in [6, 6.07) is 16.5. The molecule has 0 saturated heterocycles. The molecule has 0 bridgehead atoms. The normalized spacial score (nSPS) is 10.9. The summed E-state index contributed by atoms with van der Waals surface area (Å²) < 4.78 is 12.1. The number of halogens is 2. The summed E-state index contributed by atoms with van der Waals surface area (Å²) >= 11 is 9.57. The van der Waals surface area contributed by atoms with Crippen molar-refractivity contribution in [3.8, 4) is 17.6 Å². The number of ether oxygens (including phenoxy) is 2. The van der Waals surface area contributed by atoms with E-state index in [0.717, 1.165) is 0 Å². The van der Waals surface area contributed by atoms with Gasteiger partial charge in [-0.1, -0.05) is 45.7 Å². The highest BCUT2D eigenvalue weighted by Crippen LogP contribution is 2.36. The van der Waals surface area contributed by atoms with Crippen LogP contribution in [0.1, 0.15) is 23.6 Å². The highest BCUT2D eigenvalue weighted by Gasteiger charge is 2.16. The molecule has 0 unspecified atom stereocenters. The van der Waals surface area contributed by atoms with Crippen LogP contribution < -0.4 is 14.8 Å². The number of nitrogens with zero attached hydrogens (tertiary/aromatic N) is 2. The molecule has 0 heterocycles. The number of nitro groups is 1. The fourth-order valence-corrected chi connectivity index (χ4v) is 3.81. The molecule has 0 radical (unpaired) electrons. The van der Waals surface area contributed by atoms with Crippen LogP contribution in [0.15, 0.2) is 64.6 Å². The fraction of sp³-hybridized carbons (Fsp3) is 0.154. The van der Waals surface area contributed by atoms with Gasteiger partial charge < -0.3 is 14.8 Å². The van der Waals surface area contributed by atoms with Gasteiger partial charge in [0.2, 0.25) is 0 Å². The average molecular weight is 571 g/mol. The van der Waals surface area contributed by atoms with Crippen LogP contribution in [0, 0.1) is 28.4 Å². The molecule has 8 nitrogen and oxygen atoms in total. The molecule has 0 aliphatic carbocycles. The molecule has 0 aliphatic heterocycles. The van der Waals surface area contributed by atoms with Crippen molar-refractivity contribution in [2.75, 3.05) is 11.9 Å². The van der Waals surface area contributed by atoms with E-state index in [2.05, 4.69) is 21.2 Å². The van der Waals surface area contributed by atoms with Crippen LogP contribution in [-0.2, 0) is 11.4 Å². The lowest BCUT2D eigenvalue weighted by Crippen LogP contribution is -2.14. The SMILES string of the molecule is CCOc1cc(/C=C(\C#N)C(=O)Nc2cccc(Cl)c2C)c(Br)cc1OCc1cccc([N+](=O)[O-])c1. The second-order valence-electron chi connectivity index (χ2n) is 7.51. The van der Waals surface area contributed by atoms with Crippen LogP contribution in [0.5, 0.6) is 11.5 Å². The van der Waals surface area contributed by atoms with Crippen molar-refractivity contribution in [3.63, 3.8) is 0 Å². The number of hydrogen-bond acceptors (Lipinski definition) is 6. The van der Waals surface area contributed by atoms with Gasteiger partial charge in [-0.05, 0) is 60.9 Å². The van der Waals surface area contributed by atoms with Gasteiger partial charge in [-0.25, -0.2) is 0 Å². The molecule has 0 atom stereocenters. The van der Waals surface area contributed by atoms with E-state index in [9.17, 15) is 20.2 Å². The number of anilines is 1. The predicted octanol–water partition coefficient (Wildman–Crippen LogP) is 6.84. The molecule has 10 heteroatoms. The van der Waals surface area contributed by atoms with E-state index in [-0.39, 0.29) is 17.9 Å². The Morgan fingerprint density at radius 2 is 1.92 bits per heavy atom. The lowest BCUT2D eigenvalue weighted by atomic mass is 10.1. The van der Waals surface area contributed by atoms with Crippen molar-refractivity contribution in [2.24, 2.45) is 0 Å². The monoisotopic (exact) mass is 569 g/mol. The zero-order valence-corrected chi connectivity index (χ0v) is 21.7. The van der Waals surface area contributed by atoms with Crippen molar-refractivity contribution in [3.05, 3.63) is 96.5 Å². The smallest absolute Gasteiger partial charge is 0.269 e. The minimum absolute atomic E-state index is 0.0296. The van der Waals surface area contributed by atoms with Crippen molar-refractivity contribution in [1.82, 2.24) is 0 Å². The second-order valence-corrected chi connectivity index (χ2v) is 8.77. The Labute approximate surface area is 221 Å². The summed E-state index contributed by atoms with van der Waals surface area (Å²) in [4.78, 5) is 23.3. The van der Waals surface area contributed by atoms with E-state index in [1.54, 1.807) is 49.4 Å². The maximum atomic E-state index is 12.8. The number of nitriles is 1. The molecule has 0 aliphatic rings. The van der Waals surface area contributed by atoms with Gasteiger partial charge in [0, 0.05) is 27.3 Å². The maximum absolute atomic E-state index is 12.8. The van der Waals surface area contributed by atoms with Crippen LogP contribution in [0.4, 0.5) is 11.4 Å². The zero-order valence-electron chi connectivity index (χ0n) is 19.4. The summed E-state index contributed by atoms with van der Waals surface area (Å²) in [6.45, 7) is 4.00. The first-order chi connectivity index (χ1) is 17.2. The van der Waals surface area contributed by atoms with Crippen LogP contribution in [0.3, 0.4) is 0 Å². The molecule has 3 rings (SSSR count). The Balaban J connectivity index is 1.86. The van der Waals surface area contributed by atoms with Gasteiger partial charge in [0.25, 0.3) is 11.6 Å². The van der Waals surface area contributed by atoms with Gasteiger partial charge in [-0.15, -0.1) is 0 Å². The highest BCUT2D eigenvalue weighted by molar-refractivity contribution is 9.10. The molecular weight excluding hydrogens is 550 g/mol. The molecule has 0 fully saturated rings. The van der Waals surface area contributed by atoms with E-state index < -0.39 is 10.8 Å². The molecule has 0 spiro atoms. The van der Waals surface area contributed by atoms with Crippen LogP contribution in [0.25, 0.3) is 6.08 Å². The first-order valence-corrected chi connectivity index (χ1v) is 11.9. The van der Waals surface area contributed by atoms with Gasteiger partial charge in [0.1, 0.15) is 18.2 Å².